The average molecular weight is 357 g/mol. The van der Waals surface area contributed by atoms with Crippen LogP contribution >= 0.6 is 23.5 Å². The Labute approximate surface area is 150 Å². The van der Waals surface area contributed by atoms with Crippen LogP contribution in [0.3, 0.4) is 0 Å². The molecule has 3 aliphatic rings. The van der Waals surface area contributed by atoms with Gasteiger partial charge in [0.15, 0.2) is 0 Å². The highest BCUT2D eigenvalue weighted by Gasteiger charge is 2.28. The molecule has 3 fully saturated rings. The van der Waals surface area contributed by atoms with Gasteiger partial charge in [-0.25, -0.2) is 0 Å². The molecule has 1 saturated carbocycles. The summed E-state index contributed by atoms with van der Waals surface area (Å²) in [6.07, 6.45) is 10.6. The van der Waals surface area contributed by atoms with Crippen LogP contribution in [0.5, 0.6) is 0 Å². The first kappa shape index (κ1) is 17.9. The van der Waals surface area contributed by atoms with E-state index in [1.165, 1.54) is 70.2 Å². The van der Waals surface area contributed by atoms with E-state index in [2.05, 4.69) is 9.80 Å². The second-order valence-corrected chi connectivity index (χ2v) is 9.69. The Balaban J connectivity index is 1.52. The van der Waals surface area contributed by atoms with Crippen molar-refractivity contribution < 1.29 is 4.79 Å². The molecule has 1 amide bonds. The van der Waals surface area contributed by atoms with Crippen LogP contribution in [-0.4, -0.2) is 70.4 Å². The second-order valence-electron chi connectivity index (χ2n) is 7.25. The molecule has 2 saturated heterocycles. The van der Waals surface area contributed by atoms with Crippen LogP contribution in [-0.2, 0) is 4.79 Å². The molecule has 3 rings (SSSR count). The molecule has 23 heavy (non-hydrogen) atoms. The predicted molar refractivity (Wildman–Crippen MR) is 102 cm³/mol. The van der Waals surface area contributed by atoms with Gasteiger partial charge >= 0.3 is 0 Å². The zero-order valence-electron chi connectivity index (χ0n) is 14.4. The number of hydrogen-bond donors (Lipinski definition) is 0. The standard InChI is InChI=1S/C18H32N2OS2/c21-18(15-23-17-7-2-3-8-17)20-11-6-12-22-14-16(20)13-19-9-4-1-5-10-19/h16-17H,1-15H2. The minimum atomic E-state index is 0.409. The van der Waals surface area contributed by atoms with E-state index in [4.69, 9.17) is 0 Å². The summed E-state index contributed by atoms with van der Waals surface area (Å²) in [4.78, 5) is 17.7. The minimum absolute atomic E-state index is 0.409. The lowest BCUT2D eigenvalue weighted by atomic mass is 10.1. The van der Waals surface area contributed by atoms with Gasteiger partial charge in [-0.3, -0.25) is 4.79 Å². The molecule has 132 valence electrons. The molecule has 0 bridgehead atoms. The Morgan fingerprint density at radius 1 is 1.00 bits per heavy atom. The second kappa shape index (κ2) is 9.57. The molecule has 0 spiro atoms. The number of amides is 1. The number of thioether (sulfide) groups is 2. The fraction of sp³-hybridized carbons (Fsp3) is 0.944. The molecule has 1 atom stereocenters. The Morgan fingerprint density at radius 2 is 1.78 bits per heavy atom. The fourth-order valence-corrected chi connectivity index (χ4v) is 6.34. The van der Waals surface area contributed by atoms with Gasteiger partial charge in [-0.1, -0.05) is 19.3 Å². The lowest BCUT2D eigenvalue weighted by molar-refractivity contribution is -0.130. The predicted octanol–water partition coefficient (Wildman–Crippen LogP) is 3.48. The summed E-state index contributed by atoms with van der Waals surface area (Å²) in [6.45, 7) is 4.56. The molecule has 5 heteroatoms. The molecule has 0 radical (unpaired) electrons. The normalized spacial score (nSPS) is 28.0. The van der Waals surface area contributed by atoms with Crippen molar-refractivity contribution in [1.29, 1.82) is 0 Å². The number of hydrogen-bond acceptors (Lipinski definition) is 4. The highest BCUT2D eigenvalue weighted by Crippen LogP contribution is 2.30. The maximum atomic E-state index is 12.8. The molecule has 0 aromatic heterocycles. The zero-order valence-corrected chi connectivity index (χ0v) is 16.0. The van der Waals surface area contributed by atoms with Gasteiger partial charge in [0.25, 0.3) is 0 Å². The number of piperidine rings is 1. The van der Waals surface area contributed by atoms with Gasteiger partial charge in [0.05, 0.1) is 11.8 Å². The van der Waals surface area contributed by atoms with Crippen LogP contribution in [0.4, 0.5) is 0 Å². The van der Waals surface area contributed by atoms with Crippen molar-refractivity contribution >= 4 is 29.4 Å². The zero-order chi connectivity index (χ0) is 15.9. The lowest BCUT2D eigenvalue weighted by Gasteiger charge is -2.36. The van der Waals surface area contributed by atoms with Crippen molar-refractivity contribution in [2.45, 2.75) is 62.7 Å². The van der Waals surface area contributed by atoms with Gasteiger partial charge in [0, 0.05) is 24.1 Å². The smallest absolute Gasteiger partial charge is 0.232 e. The van der Waals surface area contributed by atoms with Gasteiger partial charge in [0.1, 0.15) is 0 Å². The van der Waals surface area contributed by atoms with Crippen molar-refractivity contribution in [3.63, 3.8) is 0 Å². The molecule has 3 nitrogen and oxygen atoms in total. The molecule has 0 aromatic rings. The van der Waals surface area contributed by atoms with Gasteiger partial charge in [-0.15, -0.1) is 11.8 Å². The fourth-order valence-electron chi connectivity index (χ4n) is 4.08. The molecule has 1 aliphatic carbocycles. The topological polar surface area (TPSA) is 23.6 Å². The summed E-state index contributed by atoms with van der Waals surface area (Å²) in [7, 11) is 0. The summed E-state index contributed by atoms with van der Waals surface area (Å²) < 4.78 is 0. The molecule has 1 unspecified atom stereocenters. The SMILES string of the molecule is O=C(CSC1CCCC1)N1CCCSCC1CN1CCCCC1. The monoisotopic (exact) mass is 356 g/mol. The van der Waals surface area contributed by atoms with E-state index in [0.717, 1.165) is 24.1 Å². The Bertz CT molecular complexity index is 368. The van der Waals surface area contributed by atoms with Crippen LogP contribution in [0, 0.1) is 0 Å². The van der Waals surface area contributed by atoms with Crippen molar-refractivity contribution in [2.24, 2.45) is 0 Å². The van der Waals surface area contributed by atoms with Crippen LogP contribution in [0.1, 0.15) is 51.4 Å². The first-order chi connectivity index (χ1) is 11.3. The van der Waals surface area contributed by atoms with Crippen molar-refractivity contribution in [3.8, 4) is 0 Å². The lowest BCUT2D eigenvalue weighted by Crippen LogP contribution is -2.49. The molecule has 2 aliphatic heterocycles. The summed E-state index contributed by atoms with van der Waals surface area (Å²) in [6, 6.07) is 0.442. The Morgan fingerprint density at radius 3 is 2.57 bits per heavy atom. The van der Waals surface area contributed by atoms with Gasteiger partial charge in [0.2, 0.25) is 5.91 Å². The molecule has 2 heterocycles. The third-order valence-electron chi connectivity index (χ3n) is 5.42. The quantitative estimate of drug-likeness (QED) is 0.752. The maximum absolute atomic E-state index is 12.8. The first-order valence-electron chi connectivity index (χ1n) is 9.54. The van der Waals surface area contributed by atoms with E-state index >= 15 is 0 Å². The van der Waals surface area contributed by atoms with Crippen LogP contribution in [0.15, 0.2) is 0 Å². The van der Waals surface area contributed by atoms with Crippen molar-refractivity contribution in [1.82, 2.24) is 9.80 Å². The van der Waals surface area contributed by atoms with E-state index in [-0.39, 0.29) is 0 Å². The largest absolute Gasteiger partial charge is 0.337 e. The van der Waals surface area contributed by atoms with Crippen molar-refractivity contribution in [3.05, 3.63) is 0 Å². The highest BCUT2D eigenvalue weighted by molar-refractivity contribution is 8.00. The van der Waals surface area contributed by atoms with Gasteiger partial charge in [-0.05, 0) is 50.9 Å². The molecule has 0 N–H and O–H groups in total. The summed E-state index contributed by atoms with van der Waals surface area (Å²) in [5, 5.41) is 0.751. The van der Waals surface area contributed by atoms with Crippen LogP contribution < -0.4 is 0 Å². The van der Waals surface area contributed by atoms with E-state index < -0.39 is 0 Å². The average Bonchev–Trinajstić information content (AvgIpc) is 2.99. The Hall–Kier alpha value is 0.130. The van der Waals surface area contributed by atoms with E-state index in [1.54, 1.807) is 0 Å². The number of rotatable bonds is 5. The van der Waals surface area contributed by atoms with E-state index in [1.807, 2.05) is 23.5 Å². The minimum Gasteiger partial charge on any atom is -0.337 e. The summed E-state index contributed by atoms with van der Waals surface area (Å²) in [5.74, 6) is 3.48. The first-order valence-corrected chi connectivity index (χ1v) is 11.7. The summed E-state index contributed by atoms with van der Waals surface area (Å²) >= 11 is 3.98. The molecular weight excluding hydrogens is 324 g/mol. The van der Waals surface area contributed by atoms with Gasteiger partial charge in [-0.2, -0.15) is 11.8 Å². The van der Waals surface area contributed by atoms with Crippen LogP contribution in [0.25, 0.3) is 0 Å². The number of nitrogens with zero attached hydrogens (tertiary/aromatic N) is 2. The third-order valence-corrected chi connectivity index (χ3v) is 7.98. The van der Waals surface area contributed by atoms with E-state index in [9.17, 15) is 4.79 Å². The highest BCUT2D eigenvalue weighted by atomic mass is 32.2. The Kier molecular flexibility index (Phi) is 7.46. The van der Waals surface area contributed by atoms with Crippen molar-refractivity contribution in [2.75, 3.05) is 43.4 Å². The third kappa shape index (κ3) is 5.57. The van der Waals surface area contributed by atoms with Crippen LogP contribution in [0.2, 0.25) is 0 Å². The molecule has 0 aromatic carbocycles. The van der Waals surface area contributed by atoms with E-state index in [0.29, 0.717) is 17.7 Å². The summed E-state index contributed by atoms with van der Waals surface area (Å²) in [5.41, 5.74) is 0. The molecular formula is C18H32N2OS2. The van der Waals surface area contributed by atoms with Gasteiger partial charge < -0.3 is 9.80 Å². The number of carbonyl (C=O) groups is 1. The number of carbonyl (C=O) groups excluding carboxylic acids is 1. The number of likely N-dealkylation sites (tertiary alicyclic amines) is 1. The maximum Gasteiger partial charge on any atom is 0.232 e.